The number of hydrogen-bond acceptors (Lipinski definition) is 4. The molecule has 1 aromatic rings. The van der Waals surface area contributed by atoms with Gasteiger partial charge in [-0.3, -0.25) is 10.2 Å². The first-order valence-electron chi connectivity index (χ1n) is 8.67. The van der Waals surface area contributed by atoms with E-state index < -0.39 is 6.09 Å². The zero-order chi connectivity index (χ0) is 16.3. The maximum absolute atomic E-state index is 11.9. The zero-order valence-corrected chi connectivity index (χ0v) is 14.1. The van der Waals surface area contributed by atoms with E-state index in [0.717, 1.165) is 31.8 Å². The largest absolute Gasteiger partial charge is 0.494 e. The summed E-state index contributed by atoms with van der Waals surface area (Å²) in [6, 6.07) is 7.38. The van der Waals surface area contributed by atoms with Gasteiger partial charge in [0.1, 0.15) is 12.4 Å². The maximum atomic E-state index is 11.9. The van der Waals surface area contributed by atoms with E-state index in [4.69, 9.17) is 9.47 Å². The fourth-order valence-corrected chi connectivity index (χ4v) is 2.66. The average molecular weight is 320 g/mol. The summed E-state index contributed by atoms with van der Waals surface area (Å²) in [4.78, 5) is 14.2. The van der Waals surface area contributed by atoms with Gasteiger partial charge in [-0.05, 0) is 44.5 Å². The molecule has 1 heterocycles. The highest BCUT2D eigenvalue weighted by Gasteiger charge is 2.10. The van der Waals surface area contributed by atoms with Gasteiger partial charge in [0.25, 0.3) is 0 Å². The van der Waals surface area contributed by atoms with Gasteiger partial charge in [-0.25, -0.2) is 4.79 Å². The van der Waals surface area contributed by atoms with E-state index in [-0.39, 0.29) is 0 Å². The van der Waals surface area contributed by atoms with Crippen LogP contribution in [0.5, 0.6) is 5.75 Å². The van der Waals surface area contributed by atoms with Crippen molar-refractivity contribution in [3.63, 3.8) is 0 Å². The smallest absolute Gasteiger partial charge is 0.411 e. The predicted molar refractivity (Wildman–Crippen MR) is 92.1 cm³/mol. The van der Waals surface area contributed by atoms with Crippen molar-refractivity contribution in [1.82, 2.24) is 4.90 Å². The Hall–Kier alpha value is -1.75. The highest BCUT2D eigenvalue weighted by atomic mass is 16.5. The van der Waals surface area contributed by atoms with Gasteiger partial charge in [-0.15, -0.1) is 0 Å². The van der Waals surface area contributed by atoms with Crippen LogP contribution >= 0.6 is 0 Å². The molecule has 1 aliphatic rings. The first-order chi connectivity index (χ1) is 11.3. The molecular formula is C18H28N2O3. The van der Waals surface area contributed by atoms with Crippen molar-refractivity contribution in [2.45, 2.75) is 39.0 Å². The number of likely N-dealkylation sites (tertiary alicyclic amines) is 1. The van der Waals surface area contributed by atoms with E-state index in [1.807, 2.05) is 24.3 Å². The molecule has 5 heteroatoms. The second kappa shape index (κ2) is 10.1. The molecule has 1 fully saturated rings. The fraction of sp³-hybridized carbons (Fsp3) is 0.611. The molecule has 128 valence electrons. The van der Waals surface area contributed by atoms with E-state index >= 15 is 0 Å². The molecule has 23 heavy (non-hydrogen) atoms. The summed E-state index contributed by atoms with van der Waals surface area (Å²) >= 11 is 0. The van der Waals surface area contributed by atoms with Crippen molar-refractivity contribution in [2.24, 2.45) is 0 Å². The number of carbonyl (C=O) groups excluding carboxylic acids is 1. The van der Waals surface area contributed by atoms with Crippen molar-refractivity contribution in [2.75, 3.05) is 38.2 Å². The summed E-state index contributed by atoms with van der Waals surface area (Å²) in [5, 5.41) is 2.75. The fourth-order valence-electron chi connectivity index (χ4n) is 2.66. The van der Waals surface area contributed by atoms with Crippen molar-refractivity contribution >= 4 is 11.8 Å². The lowest BCUT2D eigenvalue weighted by Gasteiger charge is -2.19. The SMILES string of the molecule is CCCOc1cccc(NC(=O)OCCN2CCCCCC2)c1. The summed E-state index contributed by atoms with van der Waals surface area (Å²) < 4.78 is 10.8. The molecule has 0 atom stereocenters. The van der Waals surface area contributed by atoms with E-state index in [0.29, 0.717) is 18.9 Å². The number of carbonyl (C=O) groups is 1. The molecule has 1 amide bonds. The molecular weight excluding hydrogens is 292 g/mol. The van der Waals surface area contributed by atoms with Gasteiger partial charge in [-0.2, -0.15) is 0 Å². The van der Waals surface area contributed by atoms with Crippen molar-refractivity contribution < 1.29 is 14.3 Å². The summed E-state index contributed by atoms with van der Waals surface area (Å²) in [6.45, 7) is 6.20. The summed E-state index contributed by atoms with van der Waals surface area (Å²) in [6.07, 6.45) is 5.67. The van der Waals surface area contributed by atoms with Crippen LogP contribution < -0.4 is 10.1 Å². The predicted octanol–water partition coefficient (Wildman–Crippen LogP) is 3.90. The molecule has 1 saturated heterocycles. The molecule has 0 bridgehead atoms. The van der Waals surface area contributed by atoms with Crippen LogP contribution in [-0.2, 0) is 4.74 Å². The van der Waals surface area contributed by atoms with Gasteiger partial charge in [0.15, 0.2) is 0 Å². The molecule has 1 aromatic carbocycles. The van der Waals surface area contributed by atoms with E-state index in [2.05, 4.69) is 17.1 Å². The third kappa shape index (κ3) is 6.91. The Morgan fingerprint density at radius 3 is 2.70 bits per heavy atom. The Balaban J connectivity index is 1.69. The monoisotopic (exact) mass is 320 g/mol. The number of rotatable bonds is 7. The normalized spacial score (nSPS) is 15.7. The minimum absolute atomic E-state index is 0.410. The van der Waals surface area contributed by atoms with E-state index in [1.165, 1.54) is 25.7 Å². The van der Waals surface area contributed by atoms with Crippen LogP contribution in [0.15, 0.2) is 24.3 Å². The highest BCUT2D eigenvalue weighted by Crippen LogP contribution is 2.17. The Kier molecular flexibility index (Phi) is 7.73. The highest BCUT2D eigenvalue weighted by molar-refractivity contribution is 5.84. The molecule has 0 radical (unpaired) electrons. The number of anilines is 1. The van der Waals surface area contributed by atoms with Gasteiger partial charge < -0.3 is 9.47 Å². The lowest BCUT2D eigenvalue weighted by Crippen LogP contribution is -2.30. The first kappa shape index (κ1) is 17.6. The zero-order valence-electron chi connectivity index (χ0n) is 14.1. The minimum atomic E-state index is -0.410. The number of nitrogens with one attached hydrogen (secondary N) is 1. The van der Waals surface area contributed by atoms with Crippen molar-refractivity contribution in [3.05, 3.63) is 24.3 Å². The van der Waals surface area contributed by atoms with Crippen molar-refractivity contribution in [3.8, 4) is 5.75 Å². The second-order valence-corrected chi connectivity index (χ2v) is 5.89. The van der Waals surface area contributed by atoms with E-state index in [1.54, 1.807) is 0 Å². The minimum Gasteiger partial charge on any atom is -0.494 e. The Morgan fingerprint density at radius 1 is 1.17 bits per heavy atom. The lowest BCUT2D eigenvalue weighted by atomic mass is 10.2. The molecule has 1 aliphatic heterocycles. The van der Waals surface area contributed by atoms with Crippen LogP contribution in [0.25, 0.3) is 0 Å². The molecule has 5 nitrogen and oxygen atoms in total. The number of amides is 1. The van der Waals surface area contributed by atoms with Gasteiger partial charge in [0.05, 0.1) is 6.61 Å². The van der Waals surface area contributed by atoms with Gasteiger partial charge in [0, 0.05) is 18.3 Å². The Morgan fingerprint density at radius 2 is 1.96 bits per heavy atom. The van der Waals surface area contributed by atoms with Crippen LogP contribution in [0.4, 0.5) is 10.5 Å². The van der Waals surface area contributed by atoms with Crippen LogP contribution in [0.3, 0.4) is 0 Å². The molecule has 0 spiro atoms. The average Bonchev–Trinajstić information content (AvgIpc) is 2.82. The number of hydrogen-bond donors (Lipinski definition) is 1. The van der Waals surface area contributed by atoms with E-state index in [9.17, 15) is 4.79 Å². The number of benzene rings is 1. The standard InChI is InChI=1S/C18H28N2O3/c1-2-13-22-17-9-7-8-16(15-17)19-18(21)23-14-12-20-10-5-3-4-6-11-20/h7-9,15H,2-6,10-14H2,1H3,(H,19,21). The van der Waals surface area contributed by atoms with Crippen LogP contribution in [0.2, 0.25) is 0 Å². The molecule has 2 rings (SSSR count). The lowest BCUT2D eigenvalue weighted by molar-refractivity contribution is 0.140. The second-order valence-electron chi connectivity index (χ2n) is 5.89. The molecule has 0 saturated carbocycles. The maximum Gasteiger partial charge on any atom is 0.411 e. The molecule has 1 N–H and O–H groups in total. The van der Waals surface area contributed by atoms with Crippen LogP contribution in [-0.4, -0.2) is 43.8 Å². The van der Waals surface area contributed by atoms with Gasteiger partial charge in [-0.1, -0.05) is 25.8 Å². The third-order valence-electron chi connectivity index (χ3n) is 3.89. The third-order valence-corrected chi connectivity index (χ3v) is 3.89. The topological polar surface area (TPSA) is 50.8 Å². The molecule has 0 unspecified atom stereocenters. The van der Waals surface area contributed by atoms with Crippen LogP contribution in [0.1, 0.15) is 39.0 Å². The number of ether oxygens (including phenoxy) is 2. The Bertz CT molecular complexity index is 471. The quantitative estimate of drug-likeness (QED) is 0.828. The number of nitrogens with zero attached hydrogens (tertiary/aromatic N) is 1. The van der Waals surface area contributed by atoms with Gasteiger partial charge >= 0.3 is 6.09 Å². The summed E-state index contributed by atoms with van der Waals surface area (Å²) in [5.41, 5.74) is 0.693. The molecule has 0 aliphatic carbocycles. The first-order valence-corrected chi connectivity index (χ1v) is 8.67. The summed E-state index contributed by atoms with van der Waals surface area (Å²) in [7, 11) is 0. The summed E-state index contributed by atoms with van der Waals surface area (Å²) in [5.74, 6) is 0.759. The Labute approximate surface area is 139 Å². The van der Waals surface area contributed by atoms with Gasteiger partial charge in [0.2, 0.25) is 0 Å². The molecule has 0 aromatic heterocycles. The van der Waals surface area contributed by atoms with Crippen LogP contribution in [0, 0.1) is 0 Å². The van der Waals surface area contributed by atoms with Crippen molar-refractivity contribution in [1.29, 1.82) is 0 Å².